The number of hydrogen-bond donors (Lipinski definition) is 2. The maximum absolute atomic E-state index is 13.6. The van der Waals surface area contributed by atoms with Gasteiger partial charge in [0.15, 0.2) is 5.78 Å². The lowest BCUT2D eigenvalue weighted by molar-refractivity contribution is -0.140. The second kappa shape index (κ2) is 14.1. The van der Waals surface area contributed by atoms with Crippen molar-refractivity contribution in [1.29, 1.82) is 0 Å². The first-order chi connectivity index (χ1) is 23.1. The number of ether oxygens (including phenoxy) is 2. The van der Waals surface area contributed by atoms with Crippen LogP contribution in [0.1, 0.15) is 148 Å². The summed E-state index contributed by atoms with van der Waals surface area (Å²) in [5.74, 6) is 0.195. The highest BCUT2D eigenvalue weighted by Crippen LogP contribution is 2.46. The Morgan fingerprint density at radius 2 is 1.83 bits per heavy atom. The van der Waals surface area contributed by atoms with Crippen molar-refractivity contribution in [1.82, 2.24) is 9.97 Å². The van der Waals surface area contributed by atoms with Crippen molar-refractivity contribution >= 4 is 29.3 Å². The van der Waals surface area contributed by atoms with E-state index in [9.17, 15) is 9.59 Å². The Kier molecular flexibility index (Phi) is 10.1. The highest BCUT2D eigenvalue weighted by molar-refractivity contribution is 6.11. The number of aromatic nitrogens is 2. The predicted octanol–water partition coefficient (Wildman–Crippen LogP) is 8.84. The molecular weight excluding hydrogens is 600 g/mol. The zero-order valence-corrected chi connectivity index (χ0v) is 30.3. The molecule has 1 aliphatic carbocycles. The molecule has 6 rings (SSSR count). The van der Waals surface area contributed by atoms with E-state index in [0.29, 0.717) is 32.1 Å². The standard InChI is InChI=1S/C40H54N4O4/c1-9-11-12-13-16-48-25(7)37-23(5)31-18-30-22(4)27(14-15-36(46)47-8)39(43-30)28-17-35(45)38-24(6)32(44-40(28)38)19-33-26(10-2)21(3)29(41-33)20-34(37)42-31/h18,22,25-28,42,44H,9-17,19-20H2,1-8H3/t22?,25?,26?,27-,28?/m0/s1. The number of fused-ring (bicyclic) bond motifs is 6. The molecule has 2 aromatic heterocycles. The maximum Gasteiger partial charge on any atom is 0.305 e. The third kappa shape index (κ3) is 6.21. The van der Waals surface area contributed by atoms with Crippen LogP contribution in [0.15, 0.2) is 27.0 Å². The van der Waals surface area contributed by atoms with Crippen LogP contribution in [0.5, 0.6) is 0 Å². The van der Waals surface area contributed by atoms with Crippen molar-refractivity contribution in [3.05, 3.63) is 62.0 Å². The van der Waals surface area contributed by atoms with Gasteiger partial charge in [-0.25, -0.2) is 0 Å². The van der Waals surface area contributed by atoms with Gasteiger partial charge in [0.2, 0.25) is 0 Å². The number of carbonyl (C=O) groups is 2. The molecule has 258 valence electrons. The molecule has 2 N–H and O–H groups in total. The Labute approximate surface area is 286 Å². The van der Waals surface area contributed by atoms with Gasteiger partial charge in [-0.1, -0.05) is 40.0 Å². The average Bonchev–Trinajstić information content (AvgIpc) is 3.82. The van der Waals surface area contributed by atoms with E-state index in [1.807, 2.05) is 0 Å². The molecule has 3 aliphatic heterocycles. The molecule has 5 heterocycles. The molecular formula is C40H54N4O4. The number of H-pyrrole nitrogens is 2. The Morgan fingerprint density at radius 1 is 1.04 bits per heavy atom. The van der Waals surface area contributed by atoms with Crippen LogP contribution in [0.2, 0.25) is 0 Å². The zero-order valence-electron chi connectivity index (χ0n) is 30.3. The van der Waals surface area contributed by atoms with Crippen LogP contribution in [0.25, 0.3) is 6.08 Å². The molecule has 8 bridgehead atoms. The fraction of sp³-hybridized carbons (Fsp3) is 0.600. The van der Waals surface area contributed by atoms with Crippen LogP contribution in [-0.4, -0.2) is 46.9 Å². The van der Waals surface area contributed by atoms with Gasteiger partial charge in [0.1, 0.15) is 0 Å². The maximum atomic E-state index is 13.6. The molecule has 0 amide bonds. The van der Waals surface area contributed by atoms with Crippen LogP contribution >= 0.6 is 0 Å². The normalized spacial score (nSPS) is 23.8. The summed E-state index contributed by atoms with van der Waals surface area (Å²) < 4.78 is 11.5. The van der Waals surface area contributed by atoms with Crippen molar-refractivity contribution < 1.29 is 19.1 Å². The summed E-state index contributed by atoms with van der Waals surface area (Å²) in [5, 5.41) is 0. The first-order valence-electron chi connectivity index (χ1n) is 18.3. The first-order valence-corrected chi connectivity index (χ1v) is 18.3. The number of unbranched alkanes of at least 4 members (excludes halogenated alkanes) is 3. The molecule has 0 radical (unpaired) electrons. The van der Waals surface area contributed by atoms with Gasteiger partial charge >= 0.3 is 5.97 Å². The van der Waals surface area contributed by atoms with E-state index in [2.05, 4.69) is 64.5 Å². The number of nitrogens with one attached hydrogen (secondary N) is 2. The lowest BCUT2D eigenvalue weighted by Gasteiger charge is -2.21. The van der Waals surface area contributed by atoms with Gasteiger partial charge in [0.05, 0.1) is 13.2 Å². The van der Waals surface area contributed by atoms with E-state index in [1.54, 1.807) is 0 Å². The number of allylic oxidation sites excluding steroid dienone is 3. The molecule has 8 heteroatoms. The van der Waals surface area contributed by atoms with Crippen molar-refractivity contribution in [2.75, 3.05) is 13.7 Å². The second-order valence-electron chi connectivity index (χ2n) is 14.5. The number of carbonyl (C=O) groups excluding carboxylic acids is 2. The third-order valence-corrected chi connectivity index (χ3v) is 11.6. The van der Waals surface area contributed by atoms with E-state index in [-0.39, 0.29) is 41.5 Å². The minimum Gasteiger partial charge on any atom is -0.469 e. The molecule has 0 saturated carbocycles. The monoisotopic (exact) mass is 654 g/mol. The van der Waals surface area contributed by atoms with Gasteiger partial charge in [0, 0.05) is 113 Å². The lowest BCUT2D eigenvalue weighted by atomic mass is 9.81. The summed E-state index contributed by atoms with van der Waals surface area (Å²) in [5.41, 5.74) is 14.1. The van der Waals surface area contributed by atoms with Gasteiger partial charge in [-0.05, 0) is 69.7 Å². The van der Waals surface area contributed by atoms with Crippen LogP contribution in [0, 0.1) is 31.6 Å². The van der Waals surface area contributed by atoms with Gasteiger partial charge in [-0.2, -0.15) is 0 Å². The van der Waals surface area contributed by atoms with Gasteiger partial charge in [-0.3, -0.25) is 19.6 Å². The van der Waals surface area contributed by atoms with Gasteiger partial charge in [0.25, 0.3) is 0 Å². The molecule has 0 saturated heterocycles. The molecule has 8 nitrogen and oxygen atoms in total. The SMILES string of the molecule is CCCCCCOC(C)c1c2[nH]c(c1C)C=C1N=C(C3CC(=O)c4c3[nH]c(c4C)CC3=NC(=C(C)C3CC)C2)[C@@H](CCC(=O)OC)C1C. The number of nitrogens with zero attached hydrogens (tertiary/aromatic N) is 2. The molecule has 0 fully saturated rings. The fourth-order valence-corrected chi connectivity index (χ4v) is 8.75. The van der Waals surface area contributed by atoms with Crippen molar-refractivity contribution in [3.8, 4) is 0 Å². The summed E-state index contributed by atoms with van der Waals surface area (Å²) in [7, 11) is 1.44. The highest BCUT2D eigenvalue weighted by atomic mass is 16.5. The summed E-state index contributed by atoms with van der Waals surface area (Å²) >= 11 is 0. The van der Waals surface area contributed by atoms with Gasteiger partial charge in [-0.15, -0.1) is 0 Å². The Hall–Kier alpha value is -3.52. The number of Topliss-reactive ketones (excluding diaryl/α,β-unsaturated/α-hetero) is 1. The molecule has 5 atom stereocenters. The van der Waals surface area contributed by atoms with Crippen LogP contribution < -0.4 is 0 Å². The van der Waals surface area contributed by atoms with E-state index < -0.39 is 0 Å². The highest BCUT2D eigenvalue weighted by Gasteiger charge is 2.44. The minimum atomic E-state index is -0.220. The Morgan fingerprint density at radius 3 is 2.56 bits per heavy atom. The lowest BCUT2D eigenvalue weighted by Crippen LogP contribution is -2.23. The number of rotatable bonds is 11. The number of ketones is 1. The average molecular weight is 655 g/mol. The number of esters is 1. The molecule has 0 aromatic carbocycles. The minimum absolute atomic E-state index is 0.0269. The van der Waals surface area contributed by atoms with Crippen LogP contribution in [-0.2, 0) is 27.1 Å². The van der Waals surface area contributed by atoms with Crippen molar-refractivity contribution in [2.24, 2.45) is 27.7 Å². The smallest absolute Gasteiger partial charge is 0.305 e. The Balaban J connectivity index is 1.48. The fourth-order valence-electron chi connectivity index (χ4n) is 8.75. The number of hydrogen-bond acceptors (Lipinski definition) is 6. The summed E-state index contributed by atoms with van der Waals surface area (Å²) in [4.78, 5) is 44.2. The summed E-state index contributed by atoms with van der Waals surface area (Å²) in [6, 6.07) is 0. The van der Waals surface area contributed by atoms with Crippen LogP contribution in [0.3, 0.4) is 0 Å². The molecule has 48 heavy (non-hydrogen) atoms. The van der Waals surface area contributed by atoms with Crippen LogP contribution in [0.4, 0.5) is 0 Å². The quantitative estimate of drug-likeness (QED) is 0.186. The first kappa shape index (κ1) is 34.3. The van der Waals surface area contributed by atoms with E-state index in [1.165, 1.54) is 48.8 Å². The zero-order chi connectivity index (χ0) is 34.3. The second-order valence-corrected chi connectivity index (χ2v) is 14.5. The number of aliphatic imine (C=N–C) groups is 2. The molecule has 0 spiro atoms. The topological polar surface area (TPSA) is 109 Å². The van der Waals surface area contributed by atoms with E-state index in [4.69, 9.17) is 19.5 Å². The molecule has 2 aromatic rings. The largest absolute Gasteiger partial charge is 0.469 e. The molecule has 4 unspecified atom stereocenters. The number of aromatic amines is 2. The van der Waals surface area contributed by atoms with E-state index in [0.717, 1.165) is 70.5 Å². The van der Waals surface area contributed by atoms with Gasteiger partial charge < -0.3 is 19.4 Å². The summed E-state index contributed by atoms with van der Waals surface area (Å²) in [6.45, 7) is 16.1. The van der Waals surface area contributed by atoms with Crippen molar-refractivity contribution in [2.45, 2.75) is 125 Å². The summed E-state index contributed by atoms with van der Waals surface area (Å²) in [6.07, 6.45) is 10.6. The predicted molar refractivity (Wildman–Crippen MR) is 192 cm³/mol. The third-order valence-electron chi connectivity index (χ3n) is 11.6. The van der Waals surface area contributed by atoms with Crippen molar-refractivity contribution in [3.63, 3.8) is 0 Å². The molecule has 4 aliphatic rings. The van der Waals surface area contributed by atoms with E-state index >= 15 is 0 Å². The number of methoxy groups -OCH3 is 1. The Bertz CT molecular complexity index is 1720.